The Labute approximate surface area is 183 Å². The van der Waals surface area contributed by atoms with E-state index in [1.165, 1.54) is 12.1 Å². The summed E-state index contributed by atoms with van der Waals surface area (Å²) in [6.07, 6.45) is -3.49. The van der Waals surface area contributed by atoms with Crippen molar-refractivity contribution < 1.29 is 22.8 Å². The average molecular weight is 444 g/mol. The molecule has 0 atom stereocenters. The van der Waals surface area contributed by atoms with Crippen molar-refractivity contribution in [2.24, 2.45) is 5.92 Å². The van der Waals surface area contributed by atoms with Crippen LogP contribution in [0.5, 0.6) is 0 Å². The first-order chi connectivity index (χ1) is 15.3. The fourth-order valence-electron chi connectivity index (χ4n) is 4.03. The van der Waals surface area contributed by atoms with Crippen LogP contribution in [0.3, 0.4) is 0 Å². The lowest BCUT2D eigenvalue weighted by atomic mass is 9.95. The van der Waals surface area contributed by atoms with E-state index in [-0.39, 0.29) is 23.3 Å². The lowest BCUT2D eigenvalue weighted by molar-refractivity contribution is -0.137. The number of halogens is 3. The average Bonchev–Trinajstić information content (AvgIpc) is 3.15. The third-order valence-electron chi connectivity index (χ3n) is 5.82. The minimum Gasteiger partial charge on any atom is -0.339 e. The zero-order chi connectivity index (χ0) is 22.9. The fourth-order valence-corrected chi connectivity index (χ4v) is 4.03. The quantitative estimate of drug-likeness (QED) is 0.641. The number of aromatic nitrogens is 2. The molecule has 0 bridgehead atoms. The van der Waals surface area contributed by atoms with Gasteiger partial charge in [-0.3, -0.25) is 14.9 Å². The summed E-state index contributed by atoms with van der Waals surface area (Å²) in [7, 11) is 0. The number of amides is 2. The second-order valence-electron chi connectivity index (χ2n) is 7.80. The van der Waals surface area contributed by atoms with Gasteiger partial charge in [0.15, 0.2) is 0 Å². The summed E-state index contributed by atoms with van der Waals surface area (Å²) in [6.45, 7) is 3.37. The Morgan fingerprint density at radius 3 is 2.34 bits per heavy atom. The molecule has 9 heteroatoms. The van der Waals surface area contributed by atoms with Crippen molar-refractivity contribution in [3.8, 4) is 0 Å². The maximum absolute atomic E-state index is 12.8. The van der Waals surface area contributed by atoms with Crippen molar-refractivity contribution in [2.75, 3.05) is 18.4 Å². The summed E-state index contributed by atoms with van der Waals surface area (Å²) in [5.74, 6) is -0.235. The second kappa shape index (κ2) is 8.64. The van der Waals surface area contributed by atoms with Gasteiger partial charge in [0.25, 0.3) is 5.91 Å². The second-order valence-corrected chi connectivity index (χ2v) is 7.80. The Bertz CT molecular complexity index is 1130. The fraction of sp³-hybridized carbons (Fsp3) is 0.348. The molecule has 2 heterocycles. The number of rotatable bonds is 4. The number of alkyl halides is 3. The van der Waals surface area contributed by atoms with Crippen LogP contribution in [-0.2, 0) is 17.5 Å². The van der Waals surface area contributed by atoms with Gasteiger partial charge in [-0.15, -0.1) is 0 Å². The summed E-state index contributed by atoms with van der Waals surface area (Å²) in [5, 5.41) is 2.92. The molecule has 1 aliphatic heterocycles. The van der Waals surface area contributed by atoms with E-state index in [1.807, 2.05) is 35.8 Å². The minimum absolute atomic E-state index is 0.142. The normalized spacial score (nSPS) is 15.2. The highest BCUT2D eigenvalue weighted by atomic mass is 19.4. The van der Waals surface area contributed by atoms with Crippen LogP contribution in [0.25, 0.3) is 11.0 Å². The van der Waals surface area contributed by atoms with Crippen LogP contribution < -0.4 is 5.32 Å². The van der Waals surface area contributed by atoms with E-state index in [9.17, 15) is 22.8 Å². The Morgan fingerprint density at radius 2 is 1.72 bits per heavy atom. The smallest absolute Gasteiger partial charge is 0.339 e. The monoisotopic (exact) mass is 444 g/mol. The SMILES string of the molecule is CCn1c(NC(=O)C2CCN(C(=O)c3ccc(C(F)(F)F)cc3)CC2)nc2ccccc21. The molecule has 0 unspecified atom stereocenters. The molecule has 0 radical (unpaired) electrons. The van der Waals surface area contributed by atoms with Gasteiger partial charge < -0.3 is 9.47 Å². The number of benzene rings is 2. The molecular weight excluding hydrogens is 421 g/mol. The molecular formula is C23H23F3N4O2. The first-order valence-electron chi connectivity index (χ1n) is 10.5. The third-order valence-corrected chi connectivity index (χ3v) is 5.82. The molecule has 1 saturated heterocycles. The van der Waals surface area contributed by atoms with Gasteiger partial charge in [-0.2, -0.15) is 13.2 Å². The molecule has 32 heavy (non-hydrogen) atoms. The van der Waals surface area contributed by atoms with Gasteiger partial charge in [-0.25, -0.2) is 4.98 Å². The zero-order valence-corrected chi connectivity index (χ0v) is 17.5. The Kier molecular flexibility index (Phi) is 5.90. The van der Waals surface area contributed by atoms with E-state index in [0.29, 0.717) is 38.4 Å². The van der Waals surface area contributed by atoms with Gasteiger partial charge in [0.05, 0.1) is 16.6 Å². The number of imidazole rings is 1. The minimum atomic E-state index is -4.44. The van der Waals surface area contributed by atoms with Crippen molar-refractivity contribution in [3.63, 3.8) is 0 Å². The number of piperidine rings is 1. The number of hydrogen-bond acceptors (Lipinski definition) is 3. The molecule has 2 aromatic carbocycles. The largest absolute Gasteiger partial charge is 0.416 e. The number of carbonyl (C=O) groups excluding carboxylic acids is 2. The van der Waals surface area contributed by atoms with Crippen LogP contribution in [0.2, 0.25) is 0 Å². The predicted octanol–water partition coefficient (Wildman–Crippen LogP) is 4.57. The standard InChI is InChI=1S/C23H23F3N4O2/c1-2-30-19-6-4-3-5-18(19)27-22(30)28-20(31)15-11-13-29(14-12-15)21(32)16-7-9-17(10-8-16)23(24,25)26/h3-10,15H,2,11-14H2,1H3,(H,27,28,31). The lowest BCUT2D eigenvalue weighted by Crippen LogP contribution is -2.41. The van der Waals surface area contributed by atoms with E-state index in [1.54, 1.807) is 4.90 Å². The molecule has 2 amide bonds. The number of nitrogens with one attached hydrogen (secondary N) is 1. The van der Waals surface area contributed by atoms with Gasteiger partial charge in [-0.05, 0) is 56.2 Å². The summed E-state index contributed by atoms with van der Waals surface area (Å²) >= 11 is 0. The predicted molar refractivity (Wildman–Crippen MR) is 114 cm³/mol. The molecule has 4 rings (SSSR count). The Hall–Kier alpha value is -3.36. The highest BCUT2D eigenvalue weighted by Crippen LogP contribution is 2.29. The Balaban J connectivity index is 1.37. The van der Waals surface area contributed by atoms with E-state index in [2.05, 4.69) is 10.3 Å². The first-order valence-corrected chi connectivity index (χ1v) is 10.5. The van der Waals surface area contributed by atoms with Crippen LogP contribution >= 0.6 is 0 Å². The van der Waals surface area contributed by atoms with Gasteiger partial charge in [-0.1, -0.05) is 12.1 Å². The van der Waals surface area contributed by atoms with Crippen molar-refractivity contribution >= 4 is 28.8 Å². The number of hydrogen-bond donors (Lipinski definition) is 1. The van der Waals surface area contributed by atoms with Crippen LogP contribution in [0.15, 0.2) is 48.5 Å². The number of fused-ring (bicyclic) bond motifs is 1. The molecule has 0 aliphatic carbocycles. The van der Waals surface area contributed by atoms with E-state index in [4.69, 9.17) is 0 Å². The molecule has 1 aromatic heterocycles. The van der Waals surface area contributed by atoms with Crippen LogP contribution in [0.4, 0.5) is 19.1 Å². The zero-order valence-electron chi connectivity index (χ0n) is 17.5. The van der Waals surface area contributed by atoms with Crippen LogP contribution in [-0.4, -0.2) is 39.4 Å². The third kappa shape index (κ3) is 4.32. The maximum atomic E-state index is 12.8. The highest BCUT2D eigenvalue weighted by Gasteiger charge is 2.31. The van der Waals surface area contributed by atoms with Gasteiger partial charge in [0, 0.05) is 31.1 Å². The maximum Gasteiger partial charge on any atom is 0.416 e. The number of aryl methyl sites for hydroxylation is 1. The molecule has 3 aromatic rings. The Morgan fingerprint density at radius 1 is 1.06 bits per heavy atom. The molecule has 1 fully saturated rings. The van der Waals surface area contributed by atoms with E-state index in [0.717, 1.165) is 23.2 Å². The van der Waals surface area contributed by atoms with Crippen molar-refractivity contribution in [3.05, 3.63) is 59.7 Å². The van der Waals surface area contributed by atoms with Crippen LogP contribution in [0.1, 0.15) is 35.7 Å². The number of anilines is 1. The van der Waals surface area contributed by atoms with Crippen molar-refractivity contribution in [2.45, 2.75) is 32.5 Å². The molecule has 1 N–H and O–H groups in total. The molecule has 6 nitrogen and oxygen atoms in total. The summed E-state index contributed by atoms with van der Waals surface area (Å²) in [5.41, 5.74) is 1.17. The van der Waals surface area contributed by atoms with Gasteiger partial charge >= 0.3 is 6.18 Å². The number of para-hydroxylation sites is 2. The van der Waals surface area contributed by atoms with Crippen molar-refractivity contribution in [1.29, 1.82) is 0 Å². The van der Waals surface area contributed by atoms with Crippen molar-refractivity contribution in [1.82, 2.24) is 14.5 Å². The highest BCUT2D eigenvalue weighted by molar-refractivity contribution is 5.95. The topological polar surface area (TPSA) is 67.2 Å². The summed E-state index contributed by atoms with van der Waals surface area (Å²) in [4.78, 5) is 31.5. The van der Waals surface area contributed by atoms with Gasteiger partial charge in [0.1, 0.15) is 0 Å². The lowest BCUT2D eigenvalue weighted by Gasteiger charge is -2.31. The molecule has 168 valence electrons. The van der Waals surface area contributed by atoms with Gasteiger partial charge in [0.2, 0.25) is 11.9 Å². The first kappa shape index (κ1) is 21.9. The summed E-state index contributed by atoms with van der Waals surface area (Å²) < 4.78 is 40.1. The number of likely N-dealkylation sites (tertiary alicyclic amines) is 1. The van der Waals surface area contributed by atoms with E-state index >= 15 is 0 Å². The molecule has 0 saturated carbocycles. The molecule has 1 aliphatic rings. The molecule has 0 spiro atoms. The van der Waals surface area contributed by atoms with Crippen LogP contribution in [0, 0.1) is 5.92 Å². The number of carbonyl (C=O) groups is 2. The number of nitrogens with zero attached hydrogens (tertiary/aromatic N) is 3. The summed E-state index contributed by atoms with van der Waals surface area (Å²) in [6, 6.07) is 11.9. The van der Waals surface area contributed by atoms with E-state index < -0.39 is 11.7 Å².